The summed E-state index contributed by atoms with van der Waals surface area (Å²) < 4.78 is 26.8. The predicted octanol–water partition coefficient (Wildman–Crippen LogP) is 4.96. The van der Waals surface area contributed by atoms with Gasteiger partial charge in [-0.05, 0) is 69.7 Å². The van der Waals surface area contributed by atoms with Gasteiger partial charge in [-0.2, -0.15) is 0 Å². The molecular weight excluding hydrogens is 525 g/mol. The van der Waals surface area contributed by atoms with Gasteiger partial charge in [0, 0.05) is 44.8 Å². The van der Waals surface area contributed by atoms with Gasteiger partial charge in [-0.15, -0.1) is 0 Å². The Bertz CT molecular complexity index is 1120. The molecule has 2 aromatic carbocycles. The first-order valence-corrected chi connectivity index (χ1v) is 14.7. The summed E-state index contributed by atoms with van der Waals surface area (Å²) in [4.78, 5) is 15.1. The number of hydrogen-bond donors (Lipinski definition) is 4. The zero-order valence-corrected chi connectivity index (χ0v) is 25.2. The van der Waals surface area contributed by atoms with Crippen LogP contribution in [0.4, 0.5) is 9.18 Å². The van der Waals surface area contributed by atoms with Crippen molar-refractivity contribution in [3.63, 3.8) is 0 Å². The lowest BCUT2D eigenvalue weighted by atomic mass is 9.73. The highest BCUT2D eigenvalue weighted by molar-refractivity contribution is 5.74. The van der Waals surface area contributed by atoms with E-state index < -0.39 is 23.6 Å². The molecule has 2 amide bonds. The number of piperidine rings is 1. The van der Waals surface area contributed by atoms with E-state index in [9.17, 15) is 15.0 Å². The minimum absolute atomic E-state index is 0.00626. The highest BCUT2D eigenvalue weighted by Gasteiger charge is 2.44. The molecule has 1 fully saturated rings. The summed E-state index contributed by atoms with van der Waals surface area (Å²) in [5.74, 6) is -0.414. The number of methoxy groups -OCH3 is 1. The topological polar surface area (TPSA) is 103 Å². The number of aryl methyl sites for hydroxylation is 1. The second kappa shape index (κ2) is 15.5. The highest BCUT2D eigenvalue weighted by atomic mass is 19.1. The Morgan fingerprint density at radius 3 is 2.63 bits per heavy atom. The fourth-order valence-corrected chi connectivity index (χ4v) is 5.68. The first-order chi connectivity index (χ1) is 19.6. The monoisotopic (exact) mass is 573 g/mol. The predicted molar refractivity (Wildman–Crippen MR) is 159 cm³/mol. The Balaban J connectivity index is 1.93. The molecule has 0 radical (unpaired) electrons. The minimum atomic E-state index is -1.45. The van der Waals surface area contributed by atoms with Crippen molar-refractivity contribution < 1.29 is 28.9 Å². The zero-order valence-electron chi connectivity index (χ0n) is 25.2. The number of nitrogens with zero attached hydrogens (tertiary/aromatic N) is 1. The van der Waals surface area contributed by atoms with Gasteiger partial charge in [-0.1, -0.05) is 44.2 Å². The SMILES string of the molecule is CNCC(NC(=O)N1CCCC(C(O)(CCCCOC)c2cccc(F)c2Oc2ccccc2C)C1)C(O)C(C)C. The molecule has 1 aliphatic heterocycles. The first kappa shape index (κ1) is 32.8. The molecule has 1 aliphatic rings. The normalized spacial score (nSPS) is 18.6. The highest BCUT2D eigenvalue weighted by Crippen LogP contribution is 2.45. The maximum atomic E-state index is 15.4. The van der Waals surface area contributed by atoms with Crippen LogP contribution in [0, 0.1) is 24.6 Å². The third kappa shape index (κ3) is 8.41. The average Bonchev–Trinajstić information content (AvgIpc) is 2.96. The van der Waals surface area contributed by atoms with Crippen LogP contribution in [0.3, 0.4) is 0 Å². The molecule has 41 heavy (non-hydrogen) atoms. The molecule has 1 heterocycles. The second-order valence-electron chi connectivity index (χ2n) is 11.5. The van der Waals surface area contributed by atoms with Crippen LogP contribution in [0.2, 0.25) is 0 Å². The number of urea groups is 1. The zero-order chi connectivity index (χ0) is 30.0. The Labute approximate surface area is 244 Å². The van der Waals surface area contributed by atoms with Gasteiger partial charge in [0.1, 0.15) is 5.75 Å². The molecule has 0 bridgehead atoms. The van der Waals surface area contributed by atoms with Gasteiger partial charge in [0.15, 0.2) is 11.6 Å². The van der Waals surface area contributed by atoms with Crippen molar-refractivity contribution in [2.24, 2.45) is 11.8 Å². The fourth-order valence-electron chi connectivity index (χ4n) is 5.68. The Hall–Kier alpha value is -2.72. The lowest BCUT2D eigenvalue weighted by Crippen LogP contribution is -2.57. The van der Waals surface area contributed by atoms with Crippen LogP contribution >= 0.6 is 0 Å². The molecule has 0 aromatic heterocycles. The number of carbonyl (C=O) groups is 1. The molecule has 0 aliphatic carbocycles. The molecule has 3 rings (SSSR count). The number of unbranched alkanes of at least 4 members (excludes halogenated alkanes) is 1. The van der Waals surface area contributed by atoms with E-state index in [0.717, 1.165) is 12.0 Å². The Morgan fingerprint density at radius 1 is 1.20 bits per heavy atom. The number of ether oxygens (including phenoxy) is 2. The lowest BCUT2D eigenvalue weighted by Gasteiger charge is -2.43. The van der Waals surface area contributed by atoms with Gasteiger partial charge in [-0.25, -0.2) is 9.18 Å². The van der Waals surface area contributed by atoms with E-state index in [-0.39, 0.29) is 30.2 Å². The summed E-state index contributed by atoms with van der Waals surface area (Å²) in [5, 5.41) is 29.2. The summed E-state index contributed by atoms with van der Waals surface area (Å²) >= 11 is 0. The lowest BCUT2D eigenvalue weighted by molar-refractivity contribution is -0.0580. The number of aliphatic hydroxyl groups excluding tert-OH is 1. The number of nitrogens with one attached hydrogen (secondary N) is 2. The van der Waals surface area contributed by atoms with E-state index in [1.807, 2.05) is 39.0 Å². The molecule has 0 saturated carbocycles. The van der Waals surface area contributed by atoms with Gasteiger partial charge in [-0.3, -0.25) is 0 Å². The first-order valence-electron chi connectivity index (χ1n) is 14.7. The van der Waals surface area contributed by atoms with E-state index in [1.165, 1.54) is 6.07 Å². The number of carbonyl (C=O) groups excluding carboxylic acids is 1. The van der Waals surface area contributed by atoms with Gasteiger partial charge < -0.3 is 35.2 Å². The molecule has 8 nitrogen and oxygen atoms in total. The van der Waals surface area contributed by atoms with Crippen molar-refractivity contribution in [1.29, 1.82) is 0 Å². The van der Waals surface area contributed by atoms with Crippen LogP contribution in [0.5, 0.6) is 11.5 Å². The van der Waals surface area contributed by atoms with E-state index in [0.29, 0.717) is 56.7 Å². The van der Waals surface area contributed by atoms with Crippen molar-refractivity contribution in [1.82, 2.24) is 15.5 Å². The van der Waals surface area contributed by atoms with E-state index in [4.69, 9.17) is 9.47 Å². The van der Waals surface area contributed by atoms with Crippen LogP contribution in [0.25, 0.3) is 0 Å². The van der Waals surface area contributed by atoms with Crippen LogP contribution in [0.15, 0.2) is 42.5 Å². The van der Waals surface area contributed by atoms with Crippen molar-refractivity contribution in [2.75, 3.05) is 40.4 Å². The third-order valence-corrected chi connectivity index (χ3v) is 8.11. The molecule has 9 heteroatoms. The van der Waals surface area contributed by atoms with Gasteiger partial charge in [0.25, 0.3) is 0 Å². The number of aliphatic hydroxyl groups is 2. The van der Waals surface area contributed by atoms with Gasteiger partial charge in [0.2, 0.25) is 0 Å². The summed E-state index contributed by atoms with van der Waals surface area (Å²) in [6.45, 7) is 7.51. The largest absolute Gasteiger partial charge is 0.454 e. The number of likely N-dealkylation sites (N-methyl/N-ethyl adjacent to an activating group) is 1. The van der Waals surface area contributed by atoms with Crippen LogP contribution < -0.4 is 15.4 Å². The number of likely N-dealkylation sites (tertiary alicyclic amines) is 1. The number of rotatable bonds is 14. The third-order valence-electron chi connectivity index (χ3n) is 8.11. The molecule has 228 valence electrons. The maximum Gasteiger partial charge on any atom is 0.317 e. The van der Waals surface area contributed by atoms with Gasteiger partial charge in [0.05, 0.1) is 17.7 Å². The Morgan fingerprint density at radius 2 is 1.95 bits per heavy atom. The minimum Gasteiger partial charge on any atom is -0.454 e. The standard InChI is InChI=1S/C32H48FN3O5/c1-22(2)29(37)27(20-34-4)35-31(38)36-18-11-13-24(21-36)32(39,17-8-9-19-40-5)25-14-10-15-26(33)30(25)41-28-16-7-6-12-23(28)3/h6-7,10,12,14-16,22,24,27,29,34,37,39H,8-9,11,13,17-21H2,1-5H3,(H,35,38). The van der Waals surface area contributed by atoms with Crippen molar-refractivity contribution in [3.8, 4) is 11.5 Å². The van der Waals surface area contributed by atoms with E-state index >= 15 is 4.39 Å². The van der Waals surface area contributed by atoms with Crippen LogP contribution in [-0.4, -0.2) is 73.7 Å². The smallest absolute Gasteiger partial charge is 0.317 e. The summed E-state index contributed by atoms with van der Waals surface area (Å²) in [6.07, 6.45) is 2.39. The van der Waals surface area contributed by atoms with Crippen LogP contribution in [0.1, 0.15) is 57.1 Å². The number of halogens is 1. The van der Waals surface area contributed by atoms with Crippen LogP contribution in [-0.2, 0) is 10.3 Å². The number of hydrogen-bond acceptors (Lipinski definition) is 6. The van der Waals surface area contributed by atoms with E-state index in [1.54, 1.807) is 37.3 Å². The quantitative estimate of drug-likeness (QED) is 0.238. The van der Waals surface area contributed by atoms with Gasteiger partial charge >= 0.3 is 6.03 Å². The van der Waals surface area contributed by atoms with Crippen molar-refractivity contribution in [2.45, 2.75) is 70.6 Å². The summed E-state index contributed by atoms with van der Waals surface area (Å²) in [5.41, 5.74) is -0.214. The molecular formula is C32H48FN3O5. The molecule has 2 aromatic rings. The van der Waals surface area contributed by atoms with E-state index in [2.05, 4.69) is 10.6 Å². The van der Waals surface area contributed by atoms with Crippen molar-refractivity contribution in [3.05, 3.63) is 59.4 Å². The molecule has 1 saturated heterocycles. The number of para-hydroxylation sites is 2. The second-order valence-corrected chi connectivity index (χ2v) is 11.5. The molecule has 4 unspecified atom stereocenters. The number of benzene rings is 2. The fraction of sp³-hybridized carbons (Fsp3) is 0.594. The maximum absolute atomic E-state index is 15.4. The van der Waals surface area contributed by atoms with Crippen molar-refractivity contribution >= 4 is 6.03 Å². The molecule has 0 spiro atoms. The Kier molecular flexibility index (Phi) is 12.4. The summed E-state index contributed by atoms with van der Waals surface area (Å²) in [6, 6.07) is 11.3. The molecule has 4 N–H and O–H groups in total. The molecule has 4 atom stereocenters. The summed E-state index contributed by atoms with van der Waals surface area (Å²) in [7, 11) is 3.42. The number of amides is 2. The average molecular weight is 574 g/mol.